The lowest BCUT2D eigenvalue weighted by atomic mass is 10.0. The maximum Gasteiger partial charge on any atom is 0.249 e. The first-order valence-electron chi connectivity index (χ1n) is 6.68. The fourth-order valence-corrected chi connectivity index (χ4v) is 2.43. The molecular formula is C16H21N3O. The molecule has 1 amide bonds. The SMILES string of the molecule is Cc1cc(-c2ccccc2)nn1C(C)(C)C(=O)N(C)C. The minimum atomic E-state index is -0.694. The van der Waals surface area contributed by atoms with Gasteiger partial charge in [-0.3, -0.25) is 9.48 Å². The van der Waals surface area contributed by atoms with Crippen molar-refractivity contribution in [2.24, 2.45) is 0 Å². The van der Waals surface area contributed by atoms with E-state index in [0.717, 1.165) is 17.0 Å². The highest BCUT2D eigenvalue weighted by Crippen LogP contribution is 2.24. The summed E-state index contributed by atoms with van der Waals surface area (Å²) in [5.41, 5.74) is 2.23. The normalized spacial score (nSPS) is 11.4. The van der Waals surface area contributed by atoms with E-state index in [1.165, 1.54) is 0 Å². The second-order valence-electron chi connectivity index (χ2n) is 5.71. The number of hydrogen-bond acceptors (Lipinski definition) is 2. The third-order valence-electron chi connectivity index (χ3n) is 3.42. The highest BCUT2D eigenvalue weighted by atomic mass is 16.2. The number of aryl methyl sites for hydroxylation is 1. The number of carbonyl (C=O) groups is 1. The summed E-state index contributed by atoms with van der Waals surface area (Å²) in [7, 11) is 3.53. The van der Waals surface area contributed by atoms with E-state index in [4.69, 9.17) is 0 Å². The first-order valence-corrected chi connectivity index (χ1v) is 6.68. The van der Waals surface area contributed by atoms with Crippen LogP contribution in [0.15, 0.2) is 36.4 Å². The summed E-state index contributed by atoms with van der Waals surface area (Å²) in [6.07, 6.45) is 0. The van der Waals surface area contributed by atoms with Crippen molar-refractivity contribution in [2.45, 2.75) is 26.3 Å². The number of amides is 1. The second-order valence-corrected chi connectivity index (χ2v) is 5.71. The predicted molar refractivity (Wildman–Crippen MR) is 80.4 cm³/mol. The molecule has 2 rings (SSSR count). The van der Waals surface area contributed by atoms with E-state index in [-0.39, 0.29) is 5.91 Å². The van der Waals surface area contributed by atoms with Crippen molar-refractivity contribution in [3.05, 3.63) is 42.1 Å². The summed E-state index contributed by atoms with van der Waals surface area (Å²) in [6, 6.07) is 12.0. The Labute approximate surface area is 120 Å². The van der Waals surface area contributed by atoms with Gasteiger partial charge in [0, 0.05) is 25.4 Å². The first-order chi connectivity index (χ1) is 9.34. The molecular weight excluding hydrogens is 250 g/mol. The minimum absolute atomic E-state index is 0.0308. The molecule has 2 aromatic rings. The molecule has 4 nitrogen and oxygen atoms in total. The zero-order valence-electron chi connectivity index (χ0n) is 12.7. The Hall–Kier alpha value is -2.10. The van der Waals surface area contributed by atoms with E-state index < -0.39 is 5.54 Å². The van der Waals surface area contributed by atoms with Crippen LogP contribution >= 0.6 is 0 Å². The first kappa shape index (κ1) is 14.3. The van der Waals surface area contributed by atoms with Gasteiger partial charge in [0.05, 0.1) is 5.69 Å². The lowest BCUT2D eigenvalue weighted by molar-refractivity contribution is -0.137. The molecule has 0 saturated heterocycles. The number of nitrogens with zero attached hydrogens (tertiary/aromatic N) is 3. The van der Waals surface area contributed by atoms with Crippen LogP contribution in [0.1, 0.15) is 19.5 Å². The van der Waals surface area contributed by atoms with E-state index in [2.05, 4.69) is 5.10 Å². The van der Waals surface area contributed by atoms with Gasteiger partial charge < -0.3 is 4.90 Å². The van der Waals surface area contributed by atoms with Gasteiger partial charge in [-0.1, -0.05) is 30.3 Å². The molecule has 0 N–H and O–H groups in total. The maximum atomic E-state index is 12.3. The molecule has 1 aromatic heterocycles. The average molecular weight is 271 g/mol. The lowest BCUT2D eigenvalue weighted by Gasteiger charge is -2.28. The highest BCUT2D eigenvalue weighted by Gasteiger charge is 2.33. The lowest BCUT2D eigenvalue weighted by Crippen LogP contribution is -2.44. The van der Waals surface area contributed by atoms with Gasteiger partial charge in [-0.2, -0.15) is 5.10 Å². The Morgan fingerprint density at radius 2 is 1.80 bits per heavy atom. The van der Waals surface area contributed by atoms with E-state index in [9.17, 15) is 4.79 Å². The Kier molecular flexibility index (Phi) is 3.66. The minimum Gasteiger partial charge on any atom is -0.347 e. The topological polar surface area (TPSA) is 38.1 Å². The molecule has 1 heterocycles. The number of likely N-dealkylation sites (N-methyl/N-ethyl adjacent to an activating group) is 1. The quantitative estimate of drug-likeness (QED) is 0.861. The molecule has 0 aliphatic carbocycles. The van der Waals surface area contributed by atoms with Crippen molar-refractivity contribution >= 4 is 5.91 Å². The summed E-state index contributed by atoms with van der Waals surface area (Å²) < 4.78 is 1.80. The van der Waals surface area contributed by atoms with Crippen molar-refractivity contribution in [2.75, 3.05) is 14.1 Å². The largest absolute Gasteiger partial charge is 0.347 e. The zero-order valence-corrected chi connectivity index (χ0v) is 12.7. The van der Waals surface area contributed by atoms with Crippen LogP contribution in [-0.4, -0.2) is 34.7 Å². The molecule has 0 spiro atoms. The molecule has 0 saturated carbocycles. The summed E-state index contributed by atoms with van der Waals surface area (Å²) in [6.45, 7) is 5.76. The predicted octanol–water partition coefficient (Wildman–Crippen LogP) is 2.68. The van der Waals surface area contributed by atoms with Gasteiger partial charge in [0.15, 0.2) is 0 Å². The monoisotopic (exact) mass is 271 g/mol. The molecule has 20 heavy (non-hydrogen) atoms. The molecule has 4 heteroatoms. The Morgan fingerprint density at radius 3 is 2.35 bits per heavy atom. The Balaban J connectivity index is 2.45. The van der Waals surface area contributed by atoms with E-state index in [0.29, 0.717) is 0 Å². The highest BCUT2D eigenvalue weighted by molar-refractivity contribution is 5.83. The van der Waals surface area contributed by atoms with Crippen LogP contribution in [0.3, 0.4) is 0 Å². The Morgan fingerprint density at radius 1 is 1.20 bits per heavy atom. The summed E-state index contributed by atoms with van der Waals surface area (Å²) in [4.78, 5) is 13.9. The van der Waals surface area contributed by atoms with Crippen LogP contribution in [0.5, 0.6) is 0 Å². The number of rotatable bonds is 3. The molecule has 0 aliphatic rings. The van der Waals surface area contributed by atoms with Crippen molar-refractivity contribution in [3.8, 4) is 11.3 Å². The molecule has 106 valence electrons. The van der Waals surface area contributed by atoms with Crippen molar-refractivity contribution in [3.63, 3.8) is 0 Å². The van der Waals surface area contributed by atoms with Gasteiger partial charge in [0.25, 0.3) is 0 Å². The van der Waals surface area contributed by atoms with Gasteiger partial charge in [-0.15, -0.1) is 0 Å². The van der Waals surface area contributed by atoms with E-state index in [1.807, 2.05) is 57.2 Å². The second kappa shape index (κ2) is 5.12. The zero-order chi connectivity index (χ0) is 14.9. The van der Waals surface area contributed by atoms with Crippen molar-refractivity contribution < 1.29 is 4.79 Å². The van der Waals surface area contributed by atoms with Gasteiger partial charge in [-0.25, -0.2) is 0 Å². The molecule has 0 aliphatic heterocycles. The van der Waals surface area contributed by atoms with Crippen LogP contribution in [0, 0.1) is 6.92 Å². The smallest absolute Gasteiger partial charge is 0.249 e. The van der Waals surface area contributed by atoms with Crippen molar-refractivity contribution in [1.82, 2.24) is 14.7 Å². The molecule has 0 fully saturated rings. The summed E-state index contributed by atoms with van der Waals surface area (Å²) in [5, 5.41) is 4.62. The molecule has 0 radical (unpaired) electrons. The van der Waals surface area contributed by atoms with Gasteiger partial charge in [0.1, 0.15) is 5.54 Å². The van der Waals surface area contributed by atoms with Crippen molar-refractivity contribution in [1.29, 1.82) is 0 Å². The fraction of sp³-hybridized carbons (Fsp3) is 0.375. The van der Waals surface area contributed by atoms with Crippen LogP contribution in [0.4, 0.5) is 0 Å². The third kappa shape index (κ3) is 2.46. The van der Waals surface area contributed by atoms with E-state index >= 15 is 0 Å². The Bertz CT molecular complexity index is 612. The number of benzene rings is 1. The number of aromatic nitrogens is 2. The van der Waals surface area contributed by atoms with Gasteiger partial charge >= 0.3 is 0 Å². The van der Waals surface area contributed by atoms with Crippen LogP contribution < -0.4 is 0 Å². The molecule has 0 atom stereocenters. The van der Waals surface area contributed by atoms with Gasteiger partial charge in [0.2, 0.25) is 5.91 Å². The number of carbonyl (C=O) groups excluding carboxylic acids is 1. The summed E-state index contributed by atoms with van der Waals surface area (Å²) in [5.74, 6) is 0.0308. The van der Waals surface area contributed by atoms with Crippen LogP contribution in [-0.2, 0) is 10.3 Å². The third-order valence-corrected chi connectivity index (χ3v) is 3.42. The van der Waals surface area contributed by atoms with Gasteiger partial charge in [-0.05, 0) is 26.8 Å². The molecule has 0 bridgehead atoms. The molecule has 0 unspecified atom stereocenters. The maximum absolute atomic E-state index is 12.3. The van der Waals surface area contributed by atoms with Crippen LogP contribution in [0.2, 0.25) is 0 Å². The molecule has 1 aromatic carbocycles. The number of hydrogen-bond donors (Lipinski definition) is 0. The fourth-order valence-electron chi connectivity index (χ4n) is 2.43. The summed E-state index contributed by atoms with van der Waals surface area (Å²) >= 11 is 0. The van der Waals surface area contributed by atoms with Crippen LogP contribution in [0.25, 0.3) is 11.3 Å². The van der Waals surface area contributed by atoms with E-state index in [1.54, 1.807) is 23.7 Å². The standard InChI is InChI=1S/C16H21N3O/c1-12-11-14(13-9-7-6-8-10-13)17-19(12)16(2,3)15(20)18(4)5/h6-11H,1-5H3. The average Bonchev–Trinajstić information content (AvgIpc) is 2.81.